The summed E-state index contributed by atoms with van der Waals surface area (Å²) in [4.78, 5) is 28.4. The first-order valence-electron chi connectivity index (χ1n) is 8.15. The van der Waals surface area contributed by atoms with E-state index in [1.54, 1.807) is 6.21 Å². The number of rotatable bonds is 6. The van der Waals surface area contributed by atoms with Gasteiger partial charge >= 0.3 is 0 Å². The van der Waals surface area contributed by atoms with Gasteiger partial charge in [0, 0.05) is 23.1 Å². The van der Waals surface area contributed by atoms with Gasteiger partial charge in [-0.25, -0.2) is 5.43 Å². The average molecular weight is 379 g/mol. The number of hydrogen-bond donors (Lipinski definition) is 4. The standard InChI is InChI=1S/C19H17N5O2S/c25-17-10-16(22-19(27)23-17)11-18(26)24-20-12-13-6-8-15(9-7-13)21-14-4-2-1-3-5-14/h1-10,12,21H,11H2,(H,24,26)(H2,22,23,25,27)/b20-12-. The highest BCUT2D eigenvalue weighted by Crippen LogP contribution is 2.15. The summed E-state index contributed by atoms with van der Waals surface area (Å²) < 4.78 is 0.179. The van der Waals surface area contributed by atoms with Crippen molar-refractivity contribution in [1.29, 1.82) is 0 Å². The van der Waals surface area contributed by atoms with Gasteiger partial charge in [0.2, 0.25) is 5.91 Å². The Labute approximate surface area is 160 Å². The van der Waals surface area contributed by atoms with Crippen molar-refractivity contribution in [2.24, 2.45) is 5.10 Å². The number of nitrogens with one attached hydrogen (secondary N) is 4. The zero-order valence-corrected chi connectivity index (χ0v) is 15.0. The fraction of sp³-hybridized carbons (Fsp3) is 0.0526. The number of para-hydroxylation sites is 1. The number of amides is 1. The van der Waals surface area contributed by atoms with E-state index in [2.05, 4.69) is 25.8 Å². The molecule has 0 saturated carbocycles. The van der Waals surface area contributed by atoms with Gasteiger partial charge in [0.05, 0.1) is 12.6 Å². The molecule has 8 heteroatoms. The maximum absolute atomic E-state index is 11.9. The van der Waals surface area contributed by atoms with Crippen molar-refractivity contribution >= 4 is 35.7 Å². The van der Waals surface area contributed by atoms with E-state index in [1.165, 1.54) is 6.07 Å². The molecule has 3 aromatic rings. The minimum atomic E-state index is -0.357. The van der Waals surface area contributed by atoms with Crippen LogP contribution in [0.2, 0.25) is 0 Å². The van der Waals surface area contributed by atoms with Gasteiger partial charge in [-0.15, -0.1) is 0 Å². The molecule has 7 nitrogen and oxygen atoms in total. The fourth-order valence-electron chi connectivity index (χ4n) is 2.35. The molecule has 0 aliphatic rings. The molecule has 1 amide bonds. The number of aromatic nitrogens is 2. The van der Waals surface area contributed by atoms with Gasteiger partial charge in [-0.3, -0.25) is 14.6 Å². The van der Waals surface area contributed by atoms with Crippen LogP contribution in [0.3, 0.4) is 0 Å². The van der Waals surface area contributed by atoms with Crippen LogP contribution in [0.25, 0.3) is 0 Å². The maximum atomic E-state index is 11.9. The van der Waals surface area contributed by atoms with Crippen LogP contribution in [0.1, 0.15) is 11.3 Å². The Balaban J connectivity index is 1.54. The highest BCUT2D eigenvalue weighted by atomic mass is 32.1. The van der Waals surface area contributed by atoms with Crippen LogP contribution in [-0.4, -0.2) is 22.1 Å². The van der Waals surface area contributed by atoms with Crippen molar-refractivity contribution < 1.29 is 4.79 Å². The first kappa shape index (κ1) is 18.3. The Morgan fingerprint density at radius 3 is 2.44 bits per heavy atom. The number of carbonyl (C=O) groups is 1. The number of H-pyrrole nitrogens is 2. The third-order valence-electron chi connectivity index (χ3n) is 3.54. The van der Waals surface area contributed by atoms with Crippen LogP contribution >= 0.6 is 12.2 Å². The molecule has 1 aromatic heterocycles. The first-order valence-corrected chi connectivity index (χ1v) is 8.56. The molecular formula is C19H17N5O2S. The molecular weight excluding hydrogens is 362 g/mol. The van der Waals surface area contributed by atoms with Crippen molar-refractivity contribution in [3.05, 3.63) is 87.0 Å². The van der Waals surface area contributed by atoms with Crippen LogP contribution in [0.5, 0.6) is 0 Å². The van der Waals surface area contributed by atoms with E-state index in [-0.39, 0.29) is 22.7 Å². The number of anilines is 2. The summed E-state index contributed by atoms with van der Waals surface area (Å²) in [6.07, 6.45) is 1.52. The van der Waals surface area contributed by atoms with Gasteiger partial charge in [0.25, 0.3) is 5.56 Å². The van der Waals surface area contributed by atoms with Crippen molar-refractivity contribution in [3.63, 3.8) is 0 Å². The zero-order valence-electron chi connectivity index (χ0n) is 14.2. The van der Waals surface area contributed by atoms with E-state index < -0.39 is 0 Å². The van der Waals surface area contributed by atoms with Crippen molar-refractivity contribution in [2.75, 3.05) is 5.32 Å². The van der Waals surface area contributed by atoms with E-state index in [1.807, 2.05) is 54.6 Å². The lowest BCUT2D eigenvalue weighted by Gasteiger charge is -2.06. The molecule has 0 fully saturated rings. The average Bonchev–Trinajstić information content (AvgIpc) is 2.63. The number of hydrazone groups is 1. The summed E-state index contributed by atoms with van der Waals surface area (Å²) in [5, 5.41) is 7.21. The molecule has 0 radical (unpaired) electrons. The highest BCUT2D eigenvalue weighted by Gasteiger charge is 2.03. The monoisotopic (exact) mass is 379 g/mol. The van der Waals surface area contributed by atoms with Gasteiger partial charge in [0.15, 0.2) is 4.77 Å². The zero-order chi connectivity index (χ0) is 19.1. The summed E-state index contributed by atoms with van der Waals surface area (Å²) in [5.41, 5.74) is 5.29. The van der Waals surface area contributed by atoms with Crippen LogP contribution in [0.15, 0.2) is 70.6 Å². The molecule has 0 unspecified atom stereocenters. The molecule has 0 spiro atoms. The first-order chi connectivity index (χ1) is 13.1. The number of benzene rings is 2. The van der Waals surface area contributed by atoms with Crippen LogP contribution in [0, 0.1) is 4.77 Å². The Kier molecular flexibility index (Phi) is 5.91. The predicted molar refractivity (Wildman–Crippen MR) is 108 cm³/mol. The summed E-state index contributed by atoms with van der Waals surface area (Å²) >= 11 is 4.87. The predicted octanol–water partition coefficient (Wildman–Crippen LogP) is 2.87. The largest absolute Gasteiger partial charge is 0.356 e. The Morgan fingerprint density at radius 2 is 1.74 bits per heavy atom. The summed E-state index contributed by atoms with van der Waals surface area (Å²) in [5.74, 6) is -0.357. The topological polar surface area (TPSA) is 102 Å². The fourth-order valence-corrected chi connectivity index (χ4v) is 2.58. The SMILES string of the molecule is O=C(Cc1cc(=O)[nH]c(=S)[nH]1)N/N=C\c1ccc(Nc2ccccc2)cc1. The van der Waals surface area contributed by atoms with Gasteiger partial charge in [0.1, 0.15) is 0 Å². The molecule has 2 aromatic carbocycles. The van der Waals surface area contributed by atoms with Crippen LogP contribution in [-0.2, 0) is 11.2 Å². The molecule has 136 valence electrons. The second-order valence-electron chi connectivity index (χ2n) is 5.70. The normalized spacial score (nSPS) is 10.7. The van der Waals surface area contributed by atoms with E-state index in [0.29, 0.717) is 5.69 Å². The van der Waals surface area contributed by atoms with Gasteiger partial charge in [-0.2, -0.15) is 5.10 Å². The lowest BCUT2D eigenvalue weighted by Crippen LogP contribution is -2.21. The second kappa shape index (κ2) is 8.72. The molecule has 0 aliphatic heterocycles. The summed E-state index contributed by atoms with van der Waals surface area (Å²) in [6, 6.07) is 18.8. The third kappa shape index (κ3) is 5.75. The number of aromatic amines is 2. The van der Waals surface area contributed by atoms with Crippen molar-refractivity contribution in [2.45, 2.75) is 6.42 Å². The number of nitrogens with zero attached hydrogens (tertiary/aromatic N) is 1. The number of carbonyl (C=O) groups excluding carboxylic acids is 1. The molecule has 0 bridgehead atoms. The van der Waals surface area contributed by atoms with Gasteiger partial charge < -0.3 is 10.3 Å². The Bertz CT molecular complexity index is 1030. The molecule has 4 N–H and O–H groups in total. The molecule has 0 aliphatic carbocycles. The molecule has 1 heterocycles. The minimum Gasteiger partial charge on any atom is -0.356 e. The highest BCUT2D eigenvalue weighted by molar-refractivity contribution is 7.71. The smallest absolute Gasteiger partial charge is 0.251 e. The third-order valence-corrected chi connectivity index (χ3v) is 3.75. The summed E-state index contributed by atoms with van der Waals surface area (Å²) in [6.45, 7) is 0. The molecule has 0 atom stereocenters. The van der Waals surface area contributed by atoms with Gasteiger partial charge in [-0.1, -0.05) is 30.3 Å². The van der Waals surface area contributed by atoms with Gasteiger partial charge in [-0.05, 0) is 42.0 Å². The second-order valence-corrected chi connectivity index (χ2v) is 6.10. The van der Waals surface area contributed by atoms with Crippen molar-refractivity contribution in [3.8, 4) is 0 Å². The summed E-state index contributed by atoms with van der Waals surface area (Å²) in [7, 11) is 0. The lowest BCUT2D eigenvalue weighted by atomic mass is 10.2. The van der Waals surface area contributed by atoms with E-state index in [0.717, 1.165) is 16.9 Å². The molecule has 27 heavy (non-hydrogen) atoms. The van der Waals surface area contributed by atoms with Crippen molar-refractivity contribution in [1.82, 2.24) is 15.4 Å². The quantitative estimate of drug-likeness (QED) is 0.300. The number of hydrogen-bond acceptors (Lipinski definition) is 5. The van der Waals surface area contributed by atoms with Crippen LogP contribution < -0.4 is 16.3 Å². The van der Waals surface area contributed by atoms with Crippen LogP contribution in [0.4, 0.5) is 11.4 Å². The minimum absolute atomic E-state index is 0.0230. The Morgan fingerprint density at radius 1 is 1.04 bits per heavy atom. The maximum Gasteiger partial charge on any atom is 0.251 e. The molecule has 0 saturated heterocycles. The van der Waals surface area contributed by atoms with E-state index >= 15 is 0 Å². The lowest BCUT2D eigenvalue weighted by molar-refractivity contribution is -0.120. The Hall–Kier alpha value is -3.52. The van der Waals surface area contributed by atoms with E-state index in [4.69, 9.17) is 12.2 Å². The molecule has 3 rings (SSSR count). The van der Waals surface area contributed by atoms with E-state index in [9.17, 15) is 9.59 Å².